The Morgan fingerprint density at radius 1 is 1.53 bits per heavy atom. The van der Waals surface area contributed by atoms with Gasteiger partial charge in [-0.25, -0.2) is 0 Å². The number of halogens is 1. The summed E-state index contributed by atoms with van der Waals surface area (Å²) in [7, 11) is 3.72. The second kappa shape index (κ2) is 5.51. The first kappa shape index (κ1) is 13.1. The topological polar surface area (TPSA) is 21.3 Å². The Kier molecular flexibility index (Phi) is 4.23. The van der Waals surface area contributed by atoms with Crippen LogP contribution >= 0.6 is 23.4 Å². The van der Waals surface area contributed by atoms with Crippen LogP contribution in [0, 0.1) is 0 Å². The molecule has 0 radical (unpaired) electrons. The van der Waals surface area contributed by atoms with Crippen molar-refractivity contribution in [3.63, 3.8) is 0 Å². The van der Waals surface area contributed by atoms with Gasteiger partial charge in [0, 0.05) is 27.6 Å². The van der Waals surface area contributed by atoms with Gasteiger partial charge in [0.15, 0.2) is 0 Å². The molecular formula is C13H18ClNOS. The van der Waals surface area contributed by atoms with E-state index in [0.717, 1.165) is 22.9 Å². The molecule has 1 heterocycles. The Morgan fingerprint density at radius 3 is 2.88 bits per heavy atom. The molecule has 2 rings (SSSR count). The van der Waals surface area contributed by atoms with Crippen LogP contribution in [0.2, 0.25) is 5.02 Å². The highest BCUT2D eigenvalue weighted by Crippen LogP contribution is 2.45. The van der Waals surface area contributed by atoms with Gasteiger partial charge in [-0.15, -0.1) is 0 Å². The quantitative estimate of drug-likeness (QED) is 0.907. The largest absolute Gasteiger partial charge is 0.496 e. The smallest absolute Gasteiger partial charge is 0.123 e. The highest BCUT2D eigenvalue weighted by Gasteiger charge is 2.31. The van der Waals surface area contributed by atoms with Crippen LogP contribution in [-0.4, -0.2) is 19.4 Å². The van der Waals surface area contributed by atoms with E-state index in [1.807, 2.05) is 30.9 Å². The Bertz CT molecular complexity index is 411. The predicted molar refractivity (Wildman–Crippen MR) is 75.2 cm³/mol. The Hall–Kier alpha value is -0.380. The minimum absolute atomic E-state index is 0.316. The number of fused-ring (bicyclic) bond motifs is 1. The van der Waals surface area contributed by atoms with Crippen LogP contribution in [0.5, 0.6) is 5.75 Å². The van der Waals surface area contributed by atoms with Crippen molar-refractivity contribution in [2.75, 3.05) is 14.2 Å². The third-order valence-electron chi connectivity index (χ3n) is 3.32. The van der Waals surface area contributed by atoms with Crippen molar-refractivity contribution in [3.05, 3.63) is 28.3 Å². The highest BCUT2D eigenvalue weighted by molar-refractivity contribution is 7.99. The second-order valence-electron chi connectivity index (χ2n) is 4.17. The first-order chi connectivity index (χ1) is 8.22. The molecule has 0 fully saturated rings. The Labute approximate surface area is 112 Å². The van der Waals surface area contributed by atoms with Gasteiger partial charge in [0.05, 0.1) is 7.11 Å². The van der Waals surface area contributed by atoms with E-state index in [9.17, 15) is 0 Å². The third-order valence-corrected chi connectivity index (χ3v) is 5.14. The zero-order chi connectivity index (χ0) is 12.4. The van der Waals surface area contributed by atoms with Gasteiger partial charge in [-0.1, -0.05) is 18.5 Å². The zero-order valence-corrected chi connectivity index (χ0v) is 12.0. The molecule has 1 N–H and O–H groups in total. The maximum Gasteiger partial charge on any atom is 0.123 e. The first-order valence-electron chi connectivity index (χ1n) is 5.87. The van der Waals surface area contributed by atoms with Crippen molar-refractivity contribution < 1.29 is 4.74 Å². The molecule has 0 saturated heterocycles. The van der Waals surface area contributed by atoms with Crippen LogP contribution in [0.15, 0.2) is 12.1 Å². The summed E-state index contributed by atoms with van der Waals surface area (Å²) in [4.78, 5) is 0. The zero-order valence-electron chi connectivity index (χ0n) is 10.4. The average molecular weight is 272 g/mol. The lowest BCUT2D eigenvalue weighted by molar-refractivity contribution is 0.408. The Morgan fingerprint density at radius 2 is 2.29 bits per heavy atom. The summed E-state index contributed by atoms with van der Waals surface area (Å²) < 4.78 is 5.43. The first-order valence-corrected chi connectivity index (χ1v) is 7.29. The average Bonchev–Trinajstić information content (AvgIpc) is 2.37. The fourth-order valence-corrected chi connectivity index (χ4v) is 4.12. The summed E-state index contributed by atoms with van der Waals surface area (Å²) in [6.07, 6.45) is 1.14. The molecule has 0 saturated carbocycles. The minimum Gasteiger partial charge on any atom is -0.496 e. The van der Waals surface area contributed by atoms with Crippen molar-refractivity contribution in [2.24, 2.45) is 0 Å². The van der Waals surface area contributed by atoms with Crippen molar-refractivity contribution >= 4 is 23.4 Å². The van der Waals surface area contributed by atoms with Gasteiger partial charge in [-0.2, -0.15) is 11.8 Å². The molecule has 1 aromatic rings. The normalized spacial score (nSPS) is 23.3. The van der Waals surface area contributed by atoms with Crippen molar-refractivity contribution in [1.29, 1.82) is 0 Å². The maximum atomic E-state index is 6.36. The lowest BCUT2D eigenvalue weighted by Crippen LogP contribution is -2.31. The number of ether oxygens (including phenoxy) is 1. The second-order valence-corrected chi connectivity index (χ2v) is 5.80. The molecule has 1 aromatic carbocycles. The standard InChI is InChI=1S/C13H18ClNOS/c1-4-11-13(15-2)12-8(7-17-11)10(16-3)6-5-9(12)14/h5-6,11,13,15H,4,7H2,1-3H3. The molecule has 0 aliphatic carbocycles. The molecule has 94 valence electrons. The predicted octanol–water partition coefficient (Wildman–Crippen LogP) is 3.63. The van der Waals surface area contributed by atoms with E-state index in [2.05, 4.69) is 12.2 Å². The summed E-state index contributed by atoms with van der Waals surface area (Å²) in [5, 5.41) is 4.82. The highest BCUT2D eigenvalue weighted by atomic mass is 35.5. The minimum atomic E-state index is 0.316. The number of benzene rings is 1. The van der Waals surface area contributed by atoms with Gasteiger partial charge >= 0.3 is 0 Å². The van der Waals surface area contributed by atoms with Gasteiger partial charge in [-0.05, 0) is 31.2 Å². The summed E-state index contributed by atoms with van der Waals surface area (Å²) >= 11 is 8.34. The molecule has 0 spiro atoms. The van der Waals surface area contributed by atoms with E-state index in [1.165, 1.54) is 11.1 Å². The molecule has 0 amide bonds. The number of thioether (sulfide) groups is 1. The molecule has 2 atom stereocenters. The lowest BCUT2D eigenvalue weighted by Gasteiger charge is -2.34. The third kappa shape index (κ3) is 2.28. The van der Waals surface area contributed by atoms with E-state index in [-0.39, 0.29) is 0 Å². The lowest BCUT2D eigenvalue weighted by atomic mass is 9.96. The maximum absolute atomic E-state index is 6.36. The van der Waals surface area contributed by atoms with Crippen LogP contribution < -0.4 is 10.1 Å². The van der Waals surface area contributed by atoms with Crippen LogP contribution in [0.3, 0.4) is 0 Å². The van der Waals surface area contributed by atoms with Crippen molar-refractivity contribution in [2.45, 2.75) is 30.4 Å². The monoisotopic (exact) mass is 271 g/mol. The van der Waals surface area contributed by atoms with Gasteiger partial charge in [0.25, 0.3) is 0 Å². The van der Waals surface area contributed by atoms with Gasteiger partial charge in [0.2, 0.25) is 0 Å². The van der Waals surface area contributed by atoms with Crippen LogP contribution in [0.4, 0.5) is 0 Å². The van der Waals surface area contributed by atoms with Crippen molar-refractivity contribution in [1.82, 2.24) is 5.32 Å². The number of hydrogen-bond acceptors (Lipinski definition) is 3. The number of hydrogen-bond donors (Lipinski definition) is 1. The van der Waals surface area contributed by atoms with Gasteiger partial charge in [-0.3, -0.25) is 0 Å². The molecule has 0 bridgehead atoms. The fraction of sp³-hybridized carbons (Fsp3) is 0.538. The summed E-state index contributed by atoms with van der Waals surface area (Å²) in [6, 6.07) is 4.21. The number of nitrogens with one attached hydrogen (secondary N) is 1. The van der Waals surface area contributed by atoms with E-state index in [1.54, 1.807) is 7.11 Å². The number of rotatable bonds is 3. The van der Waals surface area contributed by atoms with Crippen LogP contribution in [0.25, 0.3) is 0 Å². The van der Waals surface area contributed by atoms with E-state index in [4.69, 9.17) is 16.3 Å². The fourth-order valence-electron chi connectivity index (χ4n) is 2.45. The molecule has 2 nitrogen and oxygen atoms in total. The summed E-state index contributed by atoms with van der Waals surface area (Å²) in [5.41, 5.74) is 2.47. The van der Waals surface area contributed by atoms with Crippen LogP contribution in [0.1, 0.15) is 30.5 Å². The Balaban J connectivity index is 2.52. The molecule has 4 heteroatoms. The van der Waals surface area contributed by atoms with Gasteiger partial charge in [0.1, 0.15) is 5.75 Å². The van der Waals surface area contributed by atoms with E-state index < -0.39 is 0 Å². The van der Waals surface area contributed by atoms with Gasteiger partial charge < -0.3 is 10.1 Å². The molecule has 1 aliphatic heterocycles. The molecule has 17 heavy (non-hydrogen) atoms. The molecule has 2 unspecified atom stereocenters. The molecule has 1 aliphatic rings. The van der Waals surface area contributed by atoms with E-state index in [0.29, 0.717) is 11.3 Å². The number of methoxy groups -OCH3 is 1. The van der Waals surface area contributed by atoms with Crippen molar-refractivity contribution in [3.8, 4) is 5.75 Å². The summed E-state index contributed by atoms with van der Waals surface area (Å²) in [5.74, 6) is 1.93. The summed E-state index contributed by atoms with van der Waals surface area (Å²) in [6.45, 7) is 2.22. The SMILES string of the molecule is CCC1SCc2c(OC)ccc(Cl)c2C1NC. The van der Waals surface area contributed by atoms with E-state index >= 15 is 0 Å². The molecule has 0 aromatic heterocycles. The van der Waals surface area contributed by atoms with Crippen LogP contribution in [-0.2, 0) is 5.75 Å². The molecular weight excluding hydrogens is 254 g/mol.